The van der Waals surface area contributed by atoms with Crippen molar-refractivity contribution in [1.29, 1.82) is 0 Å². The fraction of sp³-hybridized carbons (Fsp3) is 0.647. The summed E-state index contributed by atoms with van der Waals surface area (Å²) in [4.78, 5) is 70.8. The molecule has 13 nitrogen and oxygen atoms in total. The van der Waals surface area contributed by atoms with E-state index in [9.17, 15) is 28.8 Å². The number of likely N-dealkylation sites (tertiary alicyclic amines) is 1. The van der Waals surface area contributed by atoms with Crippen LogP contribution in [0.4, 0.5) is 0 Å². The highest BCUT2D eigenvalue weighted by Crippen LogP contribution is 2.19. The van der Waals surface area contributed by atoms with Gasteiger partial charge in [0, 0.05) is 13.0 Å². The summed E-state index contributed by atoms with van der Waals surface area (Å²) in [6.45, 7) is 1.57. The second-order valence-electron chi connectivity index (χ2n) is 6.96. The fourth-order valence-electron chi connectivity index (χ4n) is 2.99. The number of nitrogens with zero attached hydrogens (tertiary/aromatic N) is 1. The summed E-state index contributed by atoms with van der Waals surface area (Å²) in [5.41, 5.74) is 5.60. The Kier molecular flexibility index (Phi) is 9.17. The van der Waals surface area contributed by atoms with Crippen LogP contribution in [0.15, 0.2) is 0 Å². The first kappa shape index (κ1) is 24.8. The van der Waals surface area contributed by atoms with Gasteiger partial charge in [0.1, 0.15) is 18.1 Å². The number of amides is 3. The van der Waals surface area contributed by atoms with E-state index in [1.807, 2.05) is 0 Å². The SMILES string of the molecule is CC(NC(=O)C(N)CCC(=O)O)C(=O)N1CCCC1C(=O)NC(CC(=O)O)C(=O)O. The van der Waals surface area contributed by atoms with Crippen molar-refractivity contribution in [1.82, 2.24) is 15.5 Å². The molecule has 0 bridgehead atoms. The molecule has 1 fully saturated rings. The average molecular weight is 430 g/mol. The summed E-state index contributed by atoms with van der Waals surface area (Å²) in [7, 11) is 0. The quantitative estimate of drug-likeness (QED) is 0.206. The van der Waals surface area contributed by atoms with Crippen molar-refractivity contribution in [3.05, 3.63) is 0 Å². The molecule has 0 spiro atoms. The molecule has 3 amide bonds. The lowest BCUT2D eigenvalue weighted by molar-refractivity contribution is -0.148. The van der Waals surface area contributed by atoms with Gasteiger partial charge in [-0.1, -0.05) is 0 Å². The number of nitrogens with one attached hydrogen (secondary N) is 2. The number of carbonyl (C=O) groups excluding carboxylic acids is 3. The molecular weight excluding hydrogens is 404 g/mol. The monoisotopic (exact) mass is 430 g/mol. The van der Waals surface area contributed by atoms with E-state index in [1.54, 1.807) is 0 Å². The number of aliphatic carboxylic acids is 3. The van der Waals surface area contributed by atoms with E-state index in [0.29, 0.717) is 6.42 Å². The molecule has 7 N–H and O–H groups in total. The van der Waals surface area contributed by atoms with Gasteiger partial charge in [-0.15, -0.1) is 0 Å². The summed E-state index contributed by atoms with van der Waals surface area (Å²) >= 11 is 0. The molecule has 168 valence electrons. The Labute approximate surface area is 171 Å². The first-order valence-corrected chi connectivity index (χ1v) is 9.27. The second-order valence-corrected chi connectivity index (χ2v) is 6.96. The molecule has 1 heterocycles. The minimum atomic E-state index is -1.64. The molecule has 13 heteroatoms. The van der Waals surface area contributed by atoms with Gasteiger partial charge < -0.3 is 36.6 Å². The van der Waals surface area contributed by atoms with E-state index < -0.39 is 66.2 Å². The van der Waals surface area contributed by atoms with Crippen LogP contribution in [0.25, 0.3) is 0 Å². The zero-order chi connectivity index (χ0) is 23.0. The molecule has 1 rings (SSSR count). The van der Waals surface area contributed by atoms with Crippen molar-refractivity contribution in [3.63, 3.8) is 0 Å². The third-order valence-electron chi connectivity index (χ3n) is 4.57. The van der Waals surface area contributed by atoms with Crippen LogP contribution in [0.3, 0.4) is 0 Å². The lowest BCUT2D eigenvalue weighted by atomic mass is 10.1. The lowest BCUT2D eigenvalue weighted by Gasteiger charge is -2.28. The van der Waals surface area contributed by atoms with Crippen molar-refractivity contribution >= 4 is 35.6 Å². The second kappa shape index (κ2) is 11.1. The highest BCUT2D eigenvalue weighted by Gasteiger charge is 2.38. The van der Waals surface area contributed by atoms with Gasteiger partial charge in [0.2, 0.25) is 17.7 Å². The summed E-state index contributed by atoms with van der Waals surface area (Å²) in [6.07, 6.45) is -0.541. The van der Waals surface area contributed by atoms with Gasteiger partial charge in [-0.2, -0.15) is 0 Å². The van der Waals surface area contributed by atoms with Gasteiger partial charge >= 0.3 is 17.9 Å². The summed E-state index contributed by atoms with van der Waals surface area (Å²) < 4.78 is 0. The van der Waals surface area contributed by atoms with Gasteiger partial charge in [-0.25, -0.2) is 4.79 Å². The van der Waals surface area contributed by atoms with E-state index in [-0.39, 0.29) is 25.8 Å². The number of carbonyl (C=O) groups is 6. The molecule has 4 unspecified atom stereocenters. The lowest BCUT2D eigenvalue weighted by Crippen LogP contribution is -2.56. The van der Waals surface area contributed by atoms with E-state index in [2.05, 4.69) is 10.6 Å². The number of nitrogens with two attached hydrogens (primary N) is 1. The molecule has 0 saturated carbocycles. The Balaban J connectivity index is 2.72. The van der Waals surface area contributed by atoms with Gasteiger partial charge in [-0.3, -0.25) is 24.0 Å². The largest absolute Gasteiger partial charge is 0.481 e. The van der Waals surface area contributed by atoms with Crippen LogP contribution in [0.1, 0.15) is 39.0 Å². The highest BCUT2D eigenvalue weighted by molar-refractivity contribution is 5.94. The van der Waals surface area contributed by atoms with Crippen LogP contribution in [-0.4, -0.2) is 86.6 Å². The number of rotatable bonds is 11. The molecule has 0 aromatic carbocycles. The maximum absolute atomic E-state index is 12.7. The number of hydrogen-bond donors (Lipinski definition) is 6. The minimum absolute atomic E-state index is 0.114. The molecule has 1 aliphatic rings. The van der Waals surface area contributed by atoms with Crippen LogP contribution < -0.4 is 16.4 Å². The molecule has 4 atom stereocenters. The summed E-state index contributed by atoms with van der Waals surface area (Å²) in [6, 6.07) is -4.83. The fourth-order valence-corrected chi connectivity index (χ4v) is 2.99. The number of hydrogen-bond acceptors (Lipinski definition) is 7. The third kappa shape index (κ3) is 7.31. The van der Waals surface area contributed by atoms with Crippen LogP contribution in [0.2, 0.25) is 0 Å². The number of carboxylic acid groups (broad SMARTS) is 3. The van der Waals surface area contributed by atoms with Crippen molar-refractivity contribution in [2.45, 2.75) is 63.2 Å². The molecule has 30 heavy (non-hydrogen) atoms. The van der Waals surface area contributed by atoms with Crippen LogP contribution in [0.5, 0.6) is 0 Å². The Morgan fingerprint density at radius 2 is 1.70 bits per heavy atom. The van der Waals surface area contributed by atoms with E-state index in [4.69, 9.17) is 21.1 Å². The zero-order valence-electron chi connectivity index (χ0n) is 16.4. The van der Waals surface area contributed by atoms with E-state index in [1.165, 1.54) is 11.8 Å². The van der Waals surface area contributed by atoms with Crippen molar-refractivity contribution < 1.29 is 44.1 Å². The Bertz CT molecular complexity index is 711. The highest BCUT2D eigenvalue weighted by atomic mass is 16.4. The normalized spacial score (nSPS) is 18.7. The molecule has 0 aromatic rings. The van der Waals surface area contributed by atoms with Crippen molar-refractivity contribution in [2.75, 3.05) is 6.54 Å². The van der Waals surface area contributed by atoms with Crippen molar-refractivity contribution in [3.8, 4) is 0 Å². The molecule has 0 aliphatic carbocycles. The smallest absolute Gasteiger partial charge is 0.326 e. The predicted octanol–water partition coefficient (Wildman–Crippen LogP) is -2.28. The summed E-state index contributed by atoms with van der Waals surface area (Å²) in [5.74, 6) is -6.15. The maximum Gasteiger partial charge on any atom is 0.326 e. The summed E-state index contributed by atoms with van der Waals surface area (Å²) in [5, 5.41) is 30.9. The zero-order valence-corrected chi connectivity index (χ0v) is 16.4. The Morgan fingerprint density at radius 1 is 1.07 bits per heavy atom. The van der Waals surface area contributed by atoms with Gasteiger partial charge in [0.05, 0.1) is 12.5 Å². The molecular formula is C17H26N4O9. The molecule has 0 radical (unpaired) electrons. The molecule has 1 saturated heterocycles. The van der Waals surface area contributed by atoms with Crippen LogP contribution >= 0.6 is 0 Å². The van der Waals surface area contributed by atoms with Gasteiger partial charge in [0.25, 0.3) is 0 Å². The minimum Gasteiger partial charge on any atom is -0.481 e. The van der Waals surface area contributed by atoms with Gasteiger partial charge in [0.15, 0.2) is 0 Å². The topological polar surface area (TPSA) is 216 Å². The van der Waals surface area contributed by atoms with Gasteiger partial charge in [-0.05, 0) is 26.2 Å². The van der Waals surface area contributed by atoms with E-state index in [0.717, 1.165) is 0 Å². The predicted molar refractivity (Wildman–Crippen MR) is 99.0 cm³/mol. The average Bonchev–Trinajstić information content (AvgIpc) is 3.13. The van der Waals surface area contributed by atoms with Crippen LogP contribution in [-0.2, 0) is 28.8 Å². The first-order chi connectivity index (χ1) is 13.9. The number of carboxylic acids is 3. The van der Waals surface area contributed by atoms with Crippen LogP contribution in [0, 0.1) is 0 Å². The first-order valence-electron chi connectivity index (χ1n) is 9.27. The molecule has 1 aliphatic heterocycles. The standard InChI is InChI=1S/C17H26N4O9/c1-8(19-14(26)9(18)4-5-12(22)23)16(28)21-6-2-3-11(21)15(27)20-10(17(29)30)7-13(24)25/h8-11H,2-7,18H2,1H3,(H,19,26)(H,20,27)(H,22,23)(H,24,25)(H,29,30). The maximum atomic E-state index is 12.7. The van der Waals surface area contributed by atoms with Crippen molar-refractivity contribution in [2.24, 2.45) is 5.73 Å². The Morgan fingerprint density at radius 3 is 2.23 bits per heavy atom. The third-order valence-corrected chi connectivity index (χ3v) is 4.57. The van der Waals surface area contributed by atoms with E-state index >= 15 is 0 Å². The Hall–Kier alpha value is -3.22. The molecule has 0 aromatic heterocycles.